The Balaban J connectivity index is 1.40. The van der Waals surface area contributed by atoms with Crippen LogP contribution in [0.25, 0.3) is 0 Å². The molecule has 0 aromatic heterocycles. The van der Waals surface area contributed by atoms with Crippen molar-refractivity contribution in [3.8, 4) is 17.2 Å². The van der Waals surface area contributed by atoms with Crippen molar-refractivity contribution in [3.05, 3.63) is 48.0 Å². The predicted molar refractivity (Wildman–Crippen MR) is 117 cm³/mol. The lowest BCUT2D eigenvalue weighted by atomic mass is 10.2. The standard InChI is InChI=1S/C23H32N2O5/c1-27-21-7-5-4-6-20(21)25-12-10-24(11-13-25)15-19(26)17-30-16-18-8-9-22(28-2)23(14-18)29-3/h4-9,14,19,26H,10-13,15-17H2,1-3H3. The van der Waals surface area contributed by atoms with Gasteiger partial charge in [0.25, 0.3) is 0 Å². The summed E-state index contributed by atoms with van der Waals surface area (Å²) < 4.78 is 21.7. The third kappa shape index (κ3) is 5.78. The molecule has 0 spiro atoms. The largest absolute Gasteiger partial charge is 0.495 e. The fraction of sp³-hybridized carbons (Fsp3) is 0.478. The van der Waals surface area contributed by atoms with E-state index in [9.17, 15) is 5.11 Å². The van der Waals surface area contributed by atoms with E-state index in [-0.39, 0.29) is 0 Å². The van der Waals surface area contributed by atoms with Gasteiger partial charge in [0, 0.05) is 32.7 Å². The molecule has 1 N–H and O–H groups in total. The maximum absolute atomic E-state index is 10.4. The highest BCUT2D eigenvalue weighted by molar-refractivity contribution is 5.58. The van der Waals surface area contributed by atoms with Crippen LogP contribution in [0.2, 0.25) is 0 Å². The number of rotatable bonds is 10. The number of anilines is 1. The molecule has 7 heteroatoms. The minimum atomic E-state index is -0.525. The van der Waals surface area contributed by atoms with E-state index in [4.69, 9.17) is 18.9 Å². The van der Waals surface area contributed by atoms with Crippen LogP contribution in [0.3, 0.4) is 0 Å². The summed E-state index contributed by atoms with van der Waals surface area (Å²) >= 11 is 0. The van der Waals surface area contributed by atoms with Gasteiger partial charge < -0.3 is 29.0 Å². The van der Waals surface area contributed by atoms with Gasteiger partial charge in [-0.05, 0) is 29.8 Å². The lowest BCUT2D eigenvalue weighted by molar-refractivity contribution is 0.00908. The Morgan fingerprint density at radius 1 is 0.867 bits per heavy atom. The number of methoxy groups -OCH3 is 3. The molecule has 2 aromatic carbocycles. The first kappa shape index (κ1) is 22.2. The second-order valence-corrected chi connectivity index (χ2v) is 7.32. The number of hydrogen-bond acceptors (Lipinski definition) is 7. The van der Waals surface area contributed by atoms with Crippen molar-refractivity contribution in [3.63, 3.8) is 0 Å². The van der Waals surface area contributed by atoms with Gasteiger partial charge in [-0.1, -0.05) is 18.2 Å². The van der Waals surface area contributed by atoms with E-state index in [0.717, 1.165) is 43.2 Å². The van der Waals surface area contributed by atoms with Gasteiger partial charge in [0.2, 0.25) is 0 Å². The van der Waals surface area contributed by atoms with Crippen LogP contribution < -0.4 is 19.1 Å². The SMILES string of the molecule is COc1ccc(COCC(O)CN2CCN(c3ccccc3OC)CC2)cc1OC. The monoisotopic (exact) mass is 416 g/mol. The van der Waals surface area contributed by atoms with Crippen LogP contribution in [0.4, 0.5) is 5.69 Å². The first-order valence-corrected chi connectivity index (χ1v) is 10.2. The second kappa shape index (κ2) is 11.1. The van der Waals surface area contributed by atoms with Crippen molar-refractivity contribution >= 4 is 5.69 Å². The van der Waals surface area contributed by atoms with Crippen molar-refractivity contribution < 1.29 is 24.1 Å². The minimum Gasteiger partial charge on any atom is -0.495 e. The molecule has 0 bridgehead atoms. The van der Waals surface area contributed by atoms with Gasteiger partial charge in [-0.25, -0.2) is 0 Å². The highest BCUT2D eigenvalue weighted by Gasteiger charge is 2.21. The van der Waals surface area contributed by atoms with Crippen molar-refractivity contribution in [2.75, 3.05) is 65.6 Å². The van der Waals surface area contributed by atoms with Gasteiger partial charge in [0.1, 0.15) is 5.75 Å². The summed E-state index contributed by atoms with van der Waals surface area (Å²) in [6, 6.07) is 13.8. The number of benzene rings is 2. The molecule has 164 valence electrons. The fourth-order valence-electron chi connectivity index (χ4n) is 3.70. The second-order valence-electron chi connectivity index (χ2n) is 7.32. The number of para-hydroxylation sites is 2. The van der Waals surface area contributed by atoms with Gasteiger partial charge in [0.15, 0.2) is 11.5 Å². The van der Waals surface area contributed by atoms with Crippen LogP contribution in [-0.4, -0.2) is 76.8 Å². The molecule has 1 fully saturated rings. The average molecular weight is 417 g/mol. The molecular formula is C23H32N2O5. The first-order chi connectivity index (χ1) is 14.6. The first-order valence-electron chi connectivity index (χ1n) is 10.2. The highest BCUT2D eigenvalue weighted by atomic mass is 16.5. The number of aliphatic hydroxyl groups is 1. The Bertz CT molecular complexity index is 793. The molecule has 1 heterocycles. The molecule has 1 aliphatic heterocycles. The molecule has 30 heavy (non-hydrogen) atoms. The van der Waals surface area contributed by atoms with Gasteiger partial charge in [-0.3, -0.25) is 4.90 Å². The zero-order valence-corrected chi connectivity index (χ0v) is 18.0. The lowest BCUT2D eigenvalue weighted by Gasteiger charge is -2.37. The van der Waals surface area contributed by atoms with Crippen LogP contribution in [0.15, 0.2) is 42.5 Å². The molecule has 1 atom stereocenters. The Labute approximate surface area is 178 Å². The molecule has 0 radical (unpaired) electrons. The summed E-state index contributed by atoms with van der Waals surface area (Å²) in [5.74, 6) is 2.26. The van der Waals surface area contributed by atoms with E-state index in [1.165, 1.54) is 0 Å². The third-order valence-corrected chi connectivity index (χ3v) is 5.29. The highest BCUT2D eigenvalue weighted by Crippen LogP contribution is 2.29. The molecule has 2 aromatic rings. The molecule has 1 unspecified atom stereocenters. The zero-order chi connectivity index (χ0) is 21.3. The molecule has 1 aliphatic rings. The van der Waals surface area contributed by atoms with E-state index >= 15 is 0 Å². The minimum absolute atomic E-state index is 0.293. The number of aliphatic hydroxyl groups excluding tert-OH is 1. The fourth-order valence-corrected chi connectivity index (χ4v) is 3.70. The number of β-amino-alcohol motifs (C(OH)–C–C–N with tert-alkyl or cyclic N) is 1. The number of nitrogens with zero attached hydrogens (tertiary/aromatic N) is 2. The molecule has 0 aliphatic carbocycles. The van der Waals surface area contributed by atoms with Gasteiger partial charge in [0.05, 0.1) is 46.3 Å². The zero-order valence-electron chi connectivity index (χ0n) is 18.0. The van der Waals surface area contributed by atoms with Crippen LogP contribution in [-0.2, 0) is 11.3 Å². The summed E-state index contributed by atoms with van der Waals surface area (Å²) in [7, 11) is 4.92. The maximum atomic E-state index is 10.4. The summed E-state index contributed by atoms with van der Waals surface area (Å²) in [4.78, 5) is 4.60. The third-order valence-electron chi connectivity index (χ3n) is 5.29. The van der Waals surface area contributed by atoms with E-state index in [1.54, 1.807) is 21.3 Å². The van der Waals surface area contributed by atoms with Crippen molar-refractivity contribution in [1.29, 1.82) is 0 Å². The number of ether oxygens (including phenoxy) is 4. The molecule has 7 nitrogen and oxygen atoms in total. The van der Waals surface area contributed by atoms with E-state index in [0.29, 0.717) is 31.3 Å². The van der Waals surface area contributed by atoms with Gasteiger partial charge in [-0.2, -0.15) is 0 Å². The molecule has 1 saturated heterocycles. The van der Waals surface area contributed by atoms with Crippen LogP contribution in [0, 0.1) is 0 Å². The van der Waals surface area contributed by atoms with Crippen molar-refractivity contribution in [2.24, 2.45) is 0 Å². The van der Waals surface area contributed by atoms with Crippen LogP contribution >= 0.6 is 0 Å². The molecule has 3 rings (SSSR count). The van der Waals surface area contributed by atoms with E-state index in [1.807, 2.05) is 36.4 Å². The topological polar surface area (TPSA) is 63.6 Å². The summed E-state index contributed by atoms with van der Waals surface area (Å²) in [5.41, 5.74) is 2.10. The Kier molecular flexibility index (Phi) is 8.19. The molecule has 0 saturated carbocycles. The maximum Gasteiger partial charge on any atom is 0.161 e. The van der Waals surface area contributed by atoms with E-state index in [2.05, 4.69) is 15.9 Å². The van der Waals surface area contributed by atoms with Gasteiger partial charge >= 0.3 is 0 Å². The normalized spacial score (nSPS) is 15.7. The quantitative estimate of drug-likeness (QED) is 0.638. The number of hydrogen-bond donors (Lipinski definition) is 1. The Morgan fingerprint density at radius 3 is 2.27 bits per heavy atom. The van der Waals surface area contributed by atoms with Gasteiger partial charge in [-0.15, -0.1) is 0 Å². The average Bonchev–Trinajstić information content (AvgIpc) is 2.79. The predicted octanol–water partition coefficient (Wildman–Crippen LogP) is 2.41. The Morgan fingerprint density at radius 2 is 1.57 bits per heavy atom. The summed E-state index contributed by atoms with van der Waals surface area (Å²) in [5, 5.41) is 10.4. The summed E-state index contributed by atoms with van der Waals surface area (Å²) in [6.07, 6.45) is -0.525. The molecular weight excluding hydrogens is 384 g/mol. The van der Waals surface area contributed by atoms with Crippen molar-refractivity contribution in [2.45, 2.75) is 12.7 Å². The Hall–Kier alpha value is -2.48. The summed E-state index contributed by atoms with van der Waals surface area (Å²) in [6.45, 7) is 4.90. The van der Waals surface area contributed by atoms with Crippen LogP contribution in [0.1, 0.15) is 5.56 Å². The van der Waals surface area contributed by atoms with Crippen molar-refractivity contribution in [1.82, 2.24) is 4.90 Å². The molecule has 0 amide bonds. The number of piperazine rings is 1. The lowest BCUT2D eigenvalue weighted by Crippen LogP contribution is -2.49. The smallest absolute Gasteiger partial charge is 0.161 e. The van der Waals surface area contributed by atoms with E-state index < -0.39 is 6.10 Å². The van der Waals surface area contributed by atoms with Crippen LogP contribution in [0.5, 0.6) is 17.2 Å².